The highest BCUT2D eigenvalue weighted by atomic mass is 32.2. The number of hydroxylamine groups is 1. The van der Waals surface area contributed by atoms with Crippen molar-refractivity contribution in [3.63, 3.8) is 0 Å². The second kappa shape index (κ2) is 8.21. The van der Waals surface area contributed by atoms with Gasteiger partial charge in [-0.25, -0.2) is 5.06 Å². The number of nitrogens with zero attached hydrogens (tertiary/aromatic N) is 2. The third kappa shape index (κ3) is 3.40. The molecule has 4 nitrogen and oxygen atoms in total. The number of fused-ring (bicyclic) bond motifs is 2. The number of rotatable bonds is 4. The average Bonchev–Trinajstić information content (AvgIpc) is 3.23. The molecule has 28 heavy (non-hydrogen) atoms. The molecule has 0 saturated heterocycles. The SMILES string of the molecule is CON1c2ccccc2[C@]2(CN=C(SC)S2)[C@H]1O[C@H]1C[C@@H](C)CC[C@@H]1C(C)C. The topological polar surface area (TPSA) is 34.1 Å². The van der Waals surface area contributed by atoms with E-state index in [1.807, 2.05) is 16.8 Å². The van der Waals surface area contributed by atoms with Crippen molar-refractivity contribution in [2.24, 2.45) is 22.7 Å². The van der Waals surface area contributed by atoms with Crippen LogP contribution >= 0.6 is 23.5 Å². The summed E-state index contributed by atoms with van der Waals surface area (Å²) in [6, 6.07) is 8.56. The van der Waals surface area contributed by atoms with E-state index in [0.29, 0.717) is 17.8 Å². The van der Waals surface area contributed by atoms with E-state index in [4.69, 9.17) is 14.6 Å². The average molecular weight is 421 g/mol. The van der Waals surface area contributed by atoms with Crippen LogP contribution in [-0.4, -0.2) is 36.6 Å². The molecule has 2 heterocycles. The highest BCUT2D eigenvalue weighted by Gasteiger charge is 2.57. The van der Waals surface area contributed by atoms with Gasteiger partial charge in [0.1, 0.15) is 9.12 Å². The van der Waals surface area contributed by atoms with E-state index in [2.05, 4.69) is 51.3 Å². The lowest BCUT2D eigenvalue weighted by atomic mass is 9.75. The molecule has 1 aromatic rings. The van der Waals surface area contributed by atoms with Gasteiger partial charge in [0.05, 0.1) is 25.4 Å². The molecular weight excluding hydrogens is 388 g/mol. The quantitative estimate of drug-likeness (QED) is 0.639. The third-order valence-corrected chi connectivity index (χ3v) is 9.01. The summed E-state index contributed by atoms with van der Waals surface area (Å²) >= 11 is 3.58. The van der Waals surface area contributed by atoms with Crippen LogP contribution in [0.5, 0.6) is 0 Å². The number of anilines is 1. The van der Waals surface area contributed by atoms with Crippen molar-refractivity contribution in [1.82, 2.24) is 0 Å². The minimum atomic E-state index is -0.229. The molecule has 1 aliphatic carbocycles. The van der Waals surface area contributed by atoms with Gasteiger partial charge in [0.25, 0.3) is 0 Å². The molecule has 0 N–H and O–H groups in total. The Morgan fingerprint density at radius 2 is 2.07 bits per heavy atom. The zero-order valence-electron chi connectivity index (χ0n) is 17.6. The maximum absolute atomic E-state index is 7.01. The van der Waals surface area contributed by atoms with E-state index in [-0.39, 0.29) is 17.1 Å². The highest BCUT2D eigenvalue weighted by Crippen LogP contribution is 2.57. The molecular formula is C22H32N2O2S2. The molecule has 1 fully saturated rings. The molecule has 0 unspecified atom stereocenters. The van der Waals surface area contributed by atoms with Crippen molar-refractivity contribution in [3.8, 4) is 0 Å². The smallest absolute Gasteiger partial charge is 0.175 e. The van der Waals surface area contributed by atoms with Gasteiger partial charge in [-0.2, -0.15) is 0 Å². The molecule has 2 aliphatic heterocycles. The van der Waals surface area contributed by atoms with Crippen LogP contribution < -0.4 is 5.06 Å². The summed E-state index contributed by atoms with van der Waals surface area (Å²) in [7, 11) is 1.76. The predicted molar refractivity (Wildman–Crippen MR) is 121 cm³/mol. The van der Waals surface area contributed by atoms with Crippen LogP contribution in [0.1, 0.15) is 45.6 Å². The number of hydrogen-bond donors (Lipinski definition) is 0. The van der Waals surface area contributed by atoms with Crippen LogP contribution in [0.15, 0.2) is 29.3 Å². The molecule has 6 heteroatoms. The summed E-state index contributed by atoms with van der Waals surface area (Å²) in [5, 5.41) is 2.00. The Labute approximate surface area is 177 Å². The van der Waals surface area contributed by atoms with E-state index in [1.54, 1.807) is 18.9 Å². The molecule has 3 aliphatic rings. The zero-order chi connectivity index (χ0) is 19.9. The van der Waals surface area contributed by atoms with Gasteiger partial charge in [-0.3, -0.25) is 9.83 Å². The molecule has 0 radical (unpaired) electrons. The Morgan fingerprint density at radius 3 is 2.75 bits per heavy atom. The van der Waals surface area contributed by atoms with Gasteiger partial charge in [0, 0.05) is 5.56 Å². The Bertz CT molecular complexity index is 741. The van der Waals surface area contributed by atoms with Crippen molar-refractivity contribution in [3.05, 3.63) is 29.8 Å². The Hall–Kier alpha value is -0.690. The fourth-order valence-corrected chi connectivity index (χ4v) is 7.12. The van der Waals surface area contributed by atoms with Gasteiger partial charge in [-0.15, -0.1) is 11.8 Å². The minimum Gasteiger partial charge on any atom is -0.351 e. The largest absolute Gasteiger partial charge is 0.351 e. The van der Waals surface area contributed by atoms with Crippen molar-refractivity contribution in [2.75, 3.05) is 25.0 Å². The highest BCUT2D eigenvalue weighted by molar-refractivity contribution is 8.39. The maximum Gasteiger partial charge on any atom is 0.175 e. The van der Waals surface area contributed by atoms with E-state index in [1.165, 1.54) is 18.4 Å². The lowest BCUT2D eigenvalue weighted by molar-refractivity contribution is -0.117. The number of thioether (sulfide) groups is 2. The molecule has 1 aromatic carbocycles. The van der Waals surface area contributed by atoms with E-state index >= 15 is 0 Å². The minimum absolute atomic E-state index is 0.162. The van der Waals surface area contributed by atoms with Crippen molar-refractivity contribution in [1.29, 1.82) is 0 Å². The maximum atomic E-state index is 7.01. The van der Waals surface area contributed by atoms with Gasteiger partial charge in [-0.1, -0.05) is 57.2 Å². The number of hydrogen-bond acceptors (Lipinski definition) is 6. The number of aliphatic imine (C=N–C) groups is 1. The summed E-state index contributed by atoms with van der Waals surface area (Å²) in [5.74, 6) is 1.94. The second-order valence-electron chi connectivity index (χ2n) is 8.66. The summed E-state index contributed by atoms with van der Waals surface area (Å²) in [6.45, 7) is 7.77. The number of benzene rings is 1. The summed E-state index contributed by atoms with van der Waals surface area (Å²) in [5.41, 5.74) is 2.40. The molecule has 1 spiro atoms. The summed E-state index contributed by atoms with van der Waals surface area (Å²) < 4.78 is 7.92. The lowest BCUT2D eigenvalue weighted by Crippen LogP contribution is -2.50. The van der Waals surface area contributed by atoms with Crippen LogP contribution in [0.25, 0.3) is 0 Å². The van der Waals surface area contributed by atoms with Crippen LogP contribution in [0.4, 0.5) is 5.69 Å². The fourth-order valence-electron chi connectivity index (χ4n) is 5.05. The third-order valence-electron chi connectivity index (χ3n) is 6.56. The van der Waals surface area contributed by atoms with Crippen molar-refractivity contribution < 1.29 is 9.57 Å². The molecule has 0 aromatic heterocycles. The van der Waals surface area contributed by atoms with Crippen LogP contribution in [0.2, 0.25) is 0 Å². The van der Waals surface area contributed by atoms with Crippen molar-refractivity contribution >= 4 is 33.6 Å². The Kier molecular flexibility index (Phi) is 6.03. The first-order chi connectivity index (χ1) is 13.5. The Morgan fingerprint density at radius 1 is 1.29 bits per heavy atom. The second-order valence-corrected chi connectivity index (χ2v) is 11.0. The lowest BCUT2D eigenvalue weighted by Gasteiger charge is -2.42. The first-order valence-corrected chi connectivity index (χ1v) is 12.4. The Balaban J connectivity index is 1.69. The van der Waals surface area contributed by atoms with Gasteiger partial charge in [0.15, 0.2) is 6.23 Å². The van der Waals surface area contributed by atoms with Crippen LogP contribution in [-0.2, 0) is 14.3 Å². The van der Waals surface area contributed by atoms with Crippen molar-refractivity contribution in [2.45, 2.75) is 57.1 Å². The zero-order valence-corrected chi connectivity index (χ0v) is 19.2. The van der Waals surface area contributed by atoms with Gasteiger partial charge < -0.3 is 4.74 Å². The molecule has 5 atom stereocenters. The predicted octanol–water partition coefficient (Wildman–Crippen LogP) is 5.53. The molecule has 0 bridgehead atoms. The first kappa shape index (κ1) is 20.6. The fraction of sp³-hybridized carbons (Fsp3) is 0.682. The monoisotopic (exact) mass is 420 g/mol. The number of para-hydroxylation sites is 1. The van der Waals surface area contributed by atoms with E-state index < -0.39 is 0 Å². The van der Waals surface area contributed by atoms with Crippen LogP contribution in [0.3, 0.4) is 0 Å². The van der Waals surface area contributed by atoms with E-state index in [0.717, 1.165) is 23.0 Å². The van der Waals surface area contributed by atoms with Gasteiger partial charge in [0.2, 0.25) is 0 Å². The molecule has 1 saturated carbocycles. The molecule has 0 amide bonds. The van der Waals surface area contributed by atoms with Crippen LogP contribution in [0, 0.1) is 17.8 Å². The van der Waals surface area contributed by atoms with E-state index in [9.17, 15) is 0 Å². The van der Waals surface area contributed by atoms with Gasteiger partial charge in [-0.05, 0) is 42.9 Å². The normalized spacial score (nSPS) is 34.9. The standard InChI is InChI=1S/C22H32N2O2S2/c1-14(2)16-11-10-15(3)12-19(16)26-20-22(13-23-21(27-5)28-22)17-8-6-7-9-18(17)24(20)25-4/h6-9,14-16,19-20H,10-13H2,1-5H3/t15-,16+,19-,20+,22+/m0/s1. The summed E-state index contributed by atoms with van der Waals surface area (Å²) in [6.07, 6.45) is 5.89. The first-order valence-electron chi connectivity index (χ1n) is 10.4. The van der Waals surface area contributed by atoms with Gasteiger partial charge >= 0.3 is 0 Å². The molecule has 154 valence electrons. The molecule has 4 rings (SSSR count). The summed E-state index contributed by atoms with van der Waals surface area (Å²) in [4.78, 5) is 10.8. The number of ether oxygens (including phenoxy) is 1.